The maximum atomic E-state index is 12.4. The van der Waals surface area contributed by atoms with Gasteiger partial charge in [0.2, 0.25) is 0 Å². The van der Waals surface area contributed by atoms with Crippen molar-refractivity contribution in [3.63, 3.8) is 0 Å². The lowest BCUT2D eigenvalue weighted by atomic mass is 10.0. The minimum atomic E-state index is 0.0995. The summed E-state index contributed by atoms with van der Waals surface area (Å²) in [4.78, 5) is 14.7. The summed E-state index contributed by atoms with van der Waals surface area (Å²) in [5, 5.41) is 0. The number of hydrogen-bond donors (Lipinski definition) is 0. The quantitative estimate of drug-likeness (QED) is 0.737. The SMILES string of the molecule is Cc1cc(C(=O)c2cccc(C)c2Br)c(C)s1. The first-order valence-electron chi connectivity index (χ1n) is 5.37. The third-order valence-corrected chi connectivity index (χ3v) is 4.74. The second-order valence-electron chi connectivity index (χ2n) is 4.09. The molecule has 0 N–H and O–H groups in total. The number of hydrogen-bond acceptors (Lipinski definition) is 2. The van der Waals surface area contributed by atoms with Crippen LogP contribution in [0.1, 0.15) is 31.2 Å². The molecule has 17 heavy (non-hydrogen) atoms. The Bertz CT molecular complexity index is 584. The number of halogens is 1. The van der Waals surface area contributed by atoms with Gasteiger partial charge in [0, 0.05) is 25.4 Å². The van der Waals surface area contributed by atoms with Gasteiger partial charge in [0.25, 0.3) is 0 Å². The number of rotatable bonds is 2. The number of ketones is 1. The van der Waals surface area contributed by atoms with Crippen LogP contribution in [0, 0.1) is 20.8 Å². The summed E-state index contributed by atoms with van der Waals surface area (Å²) >= 11 is 5.16. The van der Waals surface area contributed by atoms with Gasteiger partial charge in [-0.25, -0.2) is 0 Å². The second-order valence-corrected chi connectivity index (χ2v) is 6.35. The Hall–Kier alpha value is -0.930. The lowest BCUT2D eigenvalue weighted by Gasteiger charge is -2.05. The van der Waals surface area contributed by atoms with Crippen LogP contribution >= 0.6 is 27.3 Å². The first-order valence-corrected chi connectivity index (χ1v) is 6.98. The molecule has 1 nitrogen and oxygen atoms in total. The van der Waals surface area contributed by atoms with E-state index in [4.69, 9.17) is 0 Å². The molecule has 0 amide bonds. The summed E-state index contributed by atoms with van der Waals surface area (Å²) in [6.07, 6.45) is 0. The van der Waals surface area contributed by atoms with E-state index >= 15 is 0 Å². The predicted octanol–water partition coefficient (Wildman–Crippen LogP) is 4.67. The zero-order valence-corrected chi connectivity index (χ0v) is 12.4. The second kappa shape index (κ2) is 4.75. The highest BCUT2D eigenvalue weighted by molar-refractivity contribution is 9.10. The molecule has 3 heteroatoms. The zero-order chi connectivity index (χ0) is 12.6. The van der Waals surface area contributed by atoms with Crippen molar-refractivity contribution in [2.75, 3.05) is 0 Å². The molecule has 0 aliphatic rings. The van der Waals surface area contributed by atoms with Crippen molar-refractivity contribution in [2.24, 2.45) is 0 Å². The molecule has 1 heterocycles. The molecule has 0 saturated heterocycles. The Kier molecular flexibility index (Phi) is 3.50. The van der Waals surface area contributed by atoms with E-state index in [-0.39, 0.29) is 5.78 Å². The van der Waals surface area contributed by atoms with E-state index in [2.05, 4.69) is 15.9 Å². The van der Waals surface area contributed by atoms with Crippen molar-refractivity contribution >= 4 is 33.0 Å². The zero-order valence-electron chi connectivity index (χ0n) is 10.0. The summed E-state index contributed by atoms with van der Waals surface area (Å²) in [6.45, 7) is 6.01. The number of thiophene rings is 1. The molecule has 0 fully saturated rings. The Labute approximate surface area is 114 Å². The lowest BCUT2D eigenvalue weighted by molar-refractivity contribution is 0.103. The average Bonchev–Trinajstić information content (AvgIpc) is 2.61. The van der Waals surface area contributed by atoms with E-state index in [9.17, 15) is 4.79 Å². The molecule has 0 saturated carbocycles. The van der Waals surface area contributed by atoms with Crippen LogP contribution in [0.4, 0.5) is 0 Å². The molecule has 0 spiro atoms. The van der Waals surface area contributed by atoms with Gasteiger partial charge in [-0.05, 0) is 54.4 Å². The van der Waals surface area contributed by atoms with E-state index in [1.54, 1.807) is 11.3 Å². The fourth-order valence-electron chi connectivity index (χ4n) is 1.82. The average molecular weight is 309 g/mol. The summed E-state index contributed by atoms with van der Waals surface area (Å²) in [6, 6.07) is 7.75. The molecule has 88 valence electrons. The fraction of sp³-hybridized carbons (Fsp3) is 0.214. The van der Waals surface area contributed by atoms with Crippen LogP contribution in [-0.2, 0) is 0 Å². The van der Waals surface area contributed by atoms with Crippen molar-refractivity contribution in [1.29, 1.82) is 0 Å². The molecular weight excluding hydrogens is 296 g/mol. The minimum absolute atomic E-state index is 0.0995. The summed E-state index contributed by atoms with van der Waals surface area (Å²) in [5.74, 6) is 0.0995. The molecule has 0 radical (unpaired) electrons. The Balaban J connectivity index is 2.51. The van der Waals surface area contributed by atoms with Crippen molar-refractivity contribution in [1.82, 2.24) is 0 Å². The highest BCUT2D eigenvalue weighted by atomic mass is 79.9. The van der Waals surface area contributed by atoms with Gasteiger partial charge in [0.1, 0.15) is 0 Å². The minimum Gasteiger partial charge on any atom is -0.289 e. The maximum absolute atomic E-state index is 12.4. The van der Waals surface area contributed by atoms with Gasteiger partial charge in [0.15, 0.2) is 5.78 Å². The van der Waals surface area contributed by atoms with Gasteiger partial charge in [-0.15, -0.1) is 11.3 Å². The topological polar surface area (TPSA) is 17.1 Å². The van der Waals surface area contributed by atoms with Crippen molar-refractivity contribution < 1.29 is 4.79 Å². The van der Waals surface area contributed by atoms with Gasteiger partial charge in [-0.1, -0.05) is 12.1 Å². The predicted molar refractivity (Wildman–Crippen MR) is 76.1 cm³/mol. The van der Waals surface area contributed by atoms with Crippen molar-refractivity contribution in [3.05, 3.63) is 55.2 Å². The number of benzene rings is 1. The third kappa shape index (κ3) is 2.35. The number of aryl methyl sites for hydroxylation is 3. The summed E-state index contributed by atoms with van der Waals surface area (Å²) in [7, 11) is 0. The molecule has 0 atom stereocenters. The Morgan fingerprint density at radius 1 is 1.18 bits per heavy atom. The molecule has 0 aliphatic carbocycles. The molecule has 0 bridgehead atoms. The summed E-state index contributed by atoms with van der Waals surface area (Å²) < 4.78 is 0.897. The van der Waals surface area contributed by atoms with E-state index in [0.717, 1.165) is 26.0 Å². The Morgan fingerprint density at radius 2 is 1.88 bits per heavy atom. The van der Waals surface area contributed by atoms with E-state index in [1.165, 1.54) is 4.88 Å². The molecule has 1 aromatic carbocycles. The van der Waals surface area contributed by atoms with Crippen LogP contribution in [-0.4, -0.2) is 5.78 Å². The molecule has 0 aliphatic heterocycles. The maximum Gasteiger partial charge on any atom is 0.195 e. The molecule has 2 aromatic rings. The normalized spacial score (nSPS) is 10.6. The third-order valence-electron chi connectivity index (χ3n) is 2.72. The number of carbonyl (C=O) groups excluding carboxylic acids is 1. The van der Waals surface area contributed by atoms with Gasteiger partial charge in [-0.2, -0.15) is 0 Å². The van der Waals surface area contributed by atoms with Crippen LogP contribution < -0.4 is 0 Å². The van der Waals surface area contributed by atoms with Crippen LogP contribution in [0.2, 0.25) is 0 Å². The van der Waals surface area contributed by atoms with Crippen LogP contribution in [0.15, 0.2) is 28.7 Å². The first-order chi connectivity index (χ1) is 8.00. The smallest absolute Gasteiger partial charge is 0.195 e. The summed E-state index contributed by atoms with van der Waals surface area (Å²) in [5.41, 5.74) is 2.64. The van der Waals surface area contributed by atoms with Gasteiger partial charge in [0.05, 0.1) is 0 Å². The standard InChI is InChI=1S/C14H13BrOS/c1-8-5-4-6-11(13(8)15)14(16)12-7-9(2)17-10(12)3/h4-7H,1-3H3. The molecule has 2 rings (SSSR count). The van der Waals surface area contributed by atoms with Crippen molar-refractivity contribution in [2.45, 2.75) is 20.8 Å². The first kappa shape index (κ1) is 12.5. The van der Waals surface area contributed by atoms with Gasteiger partial charge in [-0.3, -0.25) is 4.79 Å². The molecular formula is C14H13BrOS. The largest absolute Gasteiger partial charge is 0.289 e. The van der Waals surface area contributed by atoms with Crippen molar-refractivity contribution in [3.8, 4) is 0 Å². The highest BCUT2D eigenvalue weighted by Gasteiger charge is 2.17. The number of carbonyl (C=O) groups is 1. The van der Waals surface area contributed by atoms with Crippen LogP contribution in [0.25, 0.3) is 0 Å². The molecule has 0 unspecified atom stereocenters. The van der Waals surface area contributed by atoms with E-state index in [1.807, 2.05) is 45.0 Å². The highest BCUT2D eigenvalue weighted by Crippen LogP contribution is 2.28. The Morgan fingerprint density at radius 3 is 2.47 bits per heavy atom. The van der Waals surface area contributed by atoms with E-state index in [0.29, 0.717) is 0 Å². The molecule has 1 aromatic heterocycles. The van der Waals surface area contributed by atoms with Crippen LogP contribution in [0.5, 0.6) is 0 Å². The van der Waals surface area contributed by atoms with Gasteiger partial charge < -0.3 is 0 Å². The lowest BCUT2D eigenvalue weighted by Crippen LogP contribution is -2.03. The fourth-order valence-corrected chi connectivity index (χ4v) is 3.19. The van der Waals surface area contributed by atoms with Gasteiger partial charge >= 0.3 is 0 Å². The van der Waals surface area contributed by atoms with E-state index < -0.39 is 0 Å². The monoisotopic (exact) mass is 308 g/mol. The van der Waals surface area contributed by atoms with Crippen LogP contribution in [0.3, 0.4) is 0 Å².